The minimum Gasteiger partial charge on any atom is -0.491 e. The maximum atomic E-state index is 12.6. The molecular formula is C27H30N2O4. The molecule has 3 aromatic rings. The van der Waals surface area contributed by atoms with Crippen molar-refractivity contribution in [3.8, 4) is 5.75 Å². The molecule has 0 saturated carbocycles. The van der Waals surface area contributed by atoms with E-state index in [1.807, 2.05) is 24.3 Å². The molecule has 172 valence electrons. The van der Waals surface area contributed by atoms with Gasteiger partial charge in [0.05, 0.1) is 6.61 Å². The summed E-state index contributed by atoms with van der Waals surface area (Å²) in [6.07, 6.45) is 0. The number of hydrogen-bond acceptors (Lipinski definition) is 4. The fraction of sp³-hybridized carbons (Fsp3) is 0.259. The van der Waals surface area contributed by atoms with Gasteiger partial charge in [0.15, 0.2) is 0 Å². The molecule has 0 spiro atoms. The van der Waals surface area contributed by atoms with Crippen LogP contribution in [-0.2, 0) is 10.2 Å². The van der Waals surface area contributed by atoms with Gasteiger partial charge in [-0.25, -0.2) is 0 Å². The SMILES string of the molecule is COCCOc1ccc(C(=O)Nc2cccc(NC(=O)c3ccc(C(C)(C)C)cc3)c2)cc1. The van der Waals surface area contributed by atoms with Gasteiger partial charge in [0.25, 0.3) is 11.8 Å². The van der Waals surface area contributed by atoms with Gasteiger partial charge in [0.2, 0.25) is 0 Å². The van der Waals surface area contributed by atoms with E-state index in [9.17, 15) is 9.59 Å². The Hall–Kier alpha value is -3.64. The number of carbonyl (C=O) groups excluding carboxylic acids is 2. The van der Waals surface area contributed by atoms with Crippen molar-refractivity contribution in [1.29, 1.82) is 0 Å². The summed E-state index contributed by atoms with van der Waals surface area (Å²) in [5.41, 5.74) is 3.45. The third kappa shape index (κ3) is 6.92. The van der Waals surface area contributed by atoms with Crippen molar-refractivity contribution in [3.63, 3.8) is 0 Å². The summed E-state index contributed by atoms with van der Waals surface area (Å²) in [4.78, 5) is 25.2. The van der Waals surface area contributed by atoms with Crippen LogP contribution < -0.4 is 15.4 Å². The highest BCUT2D eigenvalue weighted by Gasteiger charge is 2.14. The van der Waals surface area contributed by atoms with E-state index >= 15 is 0 Å². The molecule has 6 heteroatoms. The van der Waals surface area contributed by atoms with E-state index in [0.29, 0.717) is 41.5 Å². The van der Waals surface area contributed by atoms with Gasteiger partial charge in [-0.05, 0) is 65.6 Å². The van der Waals surface area contributed by atoms with Crippen molar-refractivity contribution in [3.05, 3.63) is 89.5 Å². The Balaban J connectivity index is 1.61. The topological polar surface area (TPSA) is 76.7 Å². The third-order valence-electron chi connectivity index (χ3n) is 5.06. The lowest BCUT2D eigenvalue weighted by Gasteiger charge is -2.19. The highest BCUT2D eigenvalue weighted by atomic mass is 16.5. The number of anilines is 2. The van der Waals surface area contributed by atoms with Gasteiger partial charge in [0, 0.05) is 29.6 Å². The molecular weight excluding hydrogens is 416 g/mol. The van der Waals surface area contributed by atoms with Gasteiger partial charge in [-0.15, -0.1) is 0 Å². The summed E-state index contributed by atoms with van der Waals surface area (Å²) < 4.78 is 10.5. The van der Waals surface area contributed by atoms with Crippen LogP contribution >= 0.6 is 0 Å². The summed E-state index contributed by atoms with van der Waals surface area (Å²) >= 11 is 0. The molecule has 0 unspecified atom stereocenters. The lowest BCUT2D eigenvalue weighted by atomic mass is 9.87. The number of benzene rings is 3. The van der Waals surface area contributed by atoms with Crippen LogP contribution in [0.25, 0.3) is 0 Å². The molecule has 6 nitrogen and oxygen atoms in total. The number of nitrogens with one attached hydrogen (secondary N) is 2. The Bertz CT molecular complexity index is 1080. The molecule has 0 aliphatic carbocycles. The quantitative estimate of drug-likeness (QED) is 0.447. The maximum Gasteiger partial charge on any atom is 0.255 e. The van der Waals surface area contributed by atoms with Crippen LogP contribution in [0.5, 0.6) is 5.75 Å². The molecule has 2 amide bonds. The summed E-state index contributed by atoms with van der Waals surface area (Å²) in [5, 5.41) is 5.74. The Kier molecular flexibility index (Phi) is 7.85. The Labute approximate surface area is 194 Å². The van der Waals surface area contributed by atoms with Crippen LogP contribution in [0.4, 0.5) is 11.4 Å². The van der Waals surface area contributed by atoms with E-state index in [2.05, 4.69) is 31.4 Å². The summed E-state index contributed by atoms with van der Waals surface area (Å²) in [7, 11) is 1.61. The fourth-order valence-electron chi connectivity index (χ4n) is 3.15. The van der Waals surface area contributed by atoms with Gasteiger partial charge in [-0.3, -0.25) is 9.59 Å². The fourth-order valence-corrected chi connectivity index (χ4v) is 3.15. The molecule has 0 atom stereocenters. The van der Waals surface area contributed by atoms with Crippen LogP contribution in [0.2, 0.25) is 0 Å². The molecule has 0 saturated heterocycles. The number of amides is 2. The lowest BCUT2D eigenvalue weighted by Crippen LogP contribution is -2.15. The molecule has 0 aliphatic rings. The van der Waals surface area contributed by atoms with Crippen LogP contribution in [0, 0.1) is 0 Å². The van der Waals surface area contributed by atoms with Crippen molar-refractivity contribution in [1.82, 2.24) is 0 Å². The molecule has 0 fully saturated rings. The first-order valence-electron chi connectivity index (χ1n) is 10.8. The van der Waals surface area contributed by atoms with E-state index in [1.165, 1.54) is 5.56 Å². The van der Waals surface area contributed by atoms with E-state index in [0.717, 1.165) is 0 Å². The Morgan fingerprint density at radius 1 is 0.758 bits per heavy atom. The van der Waals surface area contributed by atoms with Gasteiger partial charge in [-0.1, -0.05) is 39.0 Å². The predicted octanol–water partition coefficient (Wildman–Crippen LogP) is 5.51. The lowest BCUT2D eigenvalue weighted by molar-refractivity contribution is 0.101. The van der Waals surface area contributed by atoms with Crippen molar-refractivity contribution in [2.45, 2.75) is 26.2 Å². The second kappa shape index (κ2) is 10.8. The smallest absolute Gasteiger partial charge is 0.255 e. The van der Waals surface area contributed by atoms with Crippen molar-refractivity contribution in [2.24, 2.45) is 0 Å². The van der Waals surface area contributed by atoms with E-state index in [1.54, 1.807) is 55.6 Å². The molecule has 0 heterocycles. The normalized spacial score (nSPS) is 11.0. The van der Waals surface area contributed by atoms with Crippen LogP contribution in [0.1, 0.15) is 47.1 Å². The number of ether oxygens (including phenoxy) is 2. The van der Waals surface area contributed by atoms with E-state index < -0.39 is 0 Å². The van der Waals surface area contributed by atoms with Gasteiger partial charge < -0.3 is 20.1 Å². The first-order chi connectivity index (χ1) is 15.8. The van der Waals surface area contributed by atoms with Crippen molar-refractivity contribution < 1.29 is 19.1 Å². The molecule has 3 aromatic carbocycles. The summed E-state index contributed by atoms with van der Waals surface area (Å²) in [5.74, 6) is 0.214. The standard InChI is InChI=1S/C27H30N2O4/c1-27(2,3)21-12-8-19(9-13-21)25(30)28-22-6-5-7-23(18-22)29-26(31)20-10-14-24(15-11-20)33-17-16-32-4/h5-15,18H,16-17H2,1-4H3,(H,28,30)(H,29,31). The highest BCUT2D eigenvalue weighted by molar-refractivity contribution is 6.06. The first-order valence-corrected chi connectivity index (χ1v) is 10.8. The van der Waals surface area contributed by atoms with Crippen LogP contribution in [-0.4, -0.2) is 32.1 Å². The molecule has 0 aliphatic heterocycles. The van der Waals surface area contributed by atoms with Gasteiger partial charge in [-0.2, -0.15) is 0 Å². The van der Waals surface area contributed by atoms with Crippen molar-refractivity contribution in [2.75, 3.05) is 31.0 Å². The summed E-state index contributed by atoms with van der Waals surface area (Å²) in [6, 6.07) is 21.5. The predicted molar refractivity (Wildman–Crippen MR) is 131 cm³/mol. The summed E-state index contributed by atoms with van der Waals surface area (Å²) in [6.45, 7) is 7.34. The average molecular weight is 447 g/mol. The zero-order valence-corrected chi connectivity index (χ0v) is 19.5. The minimum absolute atomic E-state index is 0.0267. The van der Waals surface area contributed by atoms with E-state index in [4.69, 9.17) is 9.47 Å². The number of rotatable bonds is 8. The zero-order valence-electron chi connectivity index (χ0n) is 19.5. The third-order valence-corrected chi connectivity index (χ3v) is 5.06. The Morgan fingerprint density at radius 3 is 1.76 bits per heavy atom. The van der Waals surface area contributed by atoms with Gasteiger partial charge >= 0.3 is 0 Å². The molecule has 3 rings (SSSR count). The molecule has 33 heavy (non-hydrogen) atoms. The number of methoxy groups -OCH3 is 1. The minimum atomic E-state index is -0.250. The van der Waals surface area contributed by atoms with Crippen LogP contribution in [0.3, 0.4) is 0 Å². The number of carbonyl (C=O) groups is 2. The average Bonchev–Trinajstić information content (AvgIpc) is 2.79. The highest BCUT2D eigenvalue weighted by Crippen LogP contribution is 2.23. The molecule has 2 N–H and O–H groups in total. The van der Waals surface area contributed by atoms with E-state index in [-0.39, 0.29) is 17.2 Å². The van der Waals surface area contributed by atoms with Crippen molar-refractivity contribution >= 4 is 23.2 Å². The first kappa shape index (κ1) is 24.0. The zero-order chi connectivity index (χ0) is 23.8. The molecule has 0 bridgehead atoms. The van der Waals surface area contributed by atoms with Crippen LogP contribution in [0.15, 0.2) is 72.8 Å². The van der Waals surface area contributed by atoms with Gasteiger partial charge in [0.1, 0.15) is 12.4 Å². The number of hydrogen-bond donors (Lipinski definition) is 2. The maximum absolute atomic E-state index is 12.6. The second-order valence-electron chi connectivity index (χ2n) is 8.68. The second-order valence-corrected chi connectivity index (χ2v) is 8.68. The molecule has 0 aromatic heterocycles. The largest absolute Gasteiger partial charge is 0.491 e. The monoisotopic (exact) mass is 446 g/mol. The Morgan fingerprint density at radius 2 is 1.27 bits per heavy atom. The molecule has 0 radical (unpaired) electrons.